The van der Waals surface area contributed by atoms with Gasteiger partial charge in [-0.05, 0) is 48.9 Å². The van der Waals surface area contributed by atoms with Gasteiger partial charge in [0.05, 0.1) is 0 Å². The minimum absolute atomic E-state index is 0.181. The van der Waals surface area contributed by atoms with Gasteiger partial charge >= 0.3 is 0 Å². The quantitative estimate of drug-likeness (QED) is 0.746. The van der Waals surface area contributed by atoms with Crippen LogP contribution in [0.15, 0.2) is 47.0 Å². The first kappa shape index (κ1) is 12.2. The Morgan fingerprint density at radius 2 is 1.65 bits per heavy atom. The average molecular weight is 268 g/mol. The largest absolute Gasteiger partial charge is 0.508 e. The molecule has 0 radical (unpaired) electrons. The molecule has 0 fully saturated rings. The van der Waals surface area contributed by atoms with Gasteiger partial charge in [0.25, 0.3) is 5.89 Å². The molecule has 5 heteroatoms. The Balaban J connectivity index is 1.97. The molecule has 3 rings (SSSR count). The minimum atomic E-state index is 0.181. The van der Waals surface area contributed by atoms with Crippen LogP contribution in [0.2, 0.25) is 0 Å². The van der Waals surface area contributed by atoms with E-state index in [-0.39, 0.29) is 11.5 Å². The fourth-order valence-corrected chi connectivity index (χ4v) is 1.81. The number of aromatic hydroxyl groups is 2. The van der Waals surface area contributed by atoms with Crippen molar-refractivity contribution in [2.75, 3.05) is 0 Å². The highest BCUT2D eigenvalue weighted by atomic mass is 16.5. The zero-order chi connectivity index (χ0) is 14.1. The second-order valence-electron chi connectivity index (χ2n) is 4.47. The lowest BCUT2D eigenvalue weighted by Crippen LogP contribution is -1.82. The van der Waals surface area contributed by atoms with E-state index in [1.54, 1.807) is 36.4 Å². The van der Waals surface area contributed by atoms with E-state index in [0.29, 0.717) is 17.3 Å². The fourth-order valence-electron chi connectivity index (χ4n) is 1.81. The van der Waals surface area contributed by atoms with Crippen molar-refractivity contribution in [1.82, 2.24) is 10.1 Å². The lowest BCUT2D eigenvalue weighted by atomic mass is 10.1. The second-order valence-corrected chi connectivity index (χ2v) is 4.47. The molecule has 0 aliphatic heterocycles. The number of benzene rings is 2. The van der Waals surface area contributed by atoms with Gasteiger partial charge in [0.1, 0.15) is 11.5 Å². The van der Waals surface area contributed by atoms with Crippen molar-refractivity contribution in [3.63, 3.8) is 0 Å². The van der Waals surface area contributed by atoms with Crippen molar-refractivity contribution in [1.29, 1.82) is 0 Å². The maximum atomic E-state index is 9.70. The highest BCUT2D eigenvalue weighted by Crippen LogP contribution is 2.27. The van der Waals surface area contributed by atoms with Crippen LogP contribution >= 0.6 is 0 Å². The van der Waals surface area contributed by atoms with Gasteiger partial charge in [-0.25, -0.2) is 0 Å². The lowest BCUT2D eigenvalue weighted by Gasteiger charge is -1.99. The van der Waals surface area contributed by atoms with Crippen LogP contribution in [0.4, 0.5) is 0 Å². The van der Waals surface area contributed by atoms with Crippen LogP contribution in [0.3, 0.4) is 0 Å². The van der Waals surface area contributed by atoms with Gasteiger partial charge in [-0.2, -0.15) is 4.98 Å². The molecule has 0 spiro atoms. The molecule has 0 saturated heterocycles. The van der Waals surface area contributed by atoms with E-state index in [2.05, 4.69) is 10.1 Å². The molecular weight excluding hydrogens is 256 g/mol. The smallest absolute Gasteiger partial charge is 0.258 e. The summed E-state index contributed by atoms with van der Waals surface area (Å²) >= 11 is 0. The summed E-state index contributed by atoms with van der Waals surface area (Å²) in [7, 11) is 0. The maximum absolute atomic E-state index is 9.70. The van der Waals surface area contributed by atoms with Crippen molar-refractivity contribution in [2.24, 2.45) is 0 Å². The molecule has 3 aromatic rings. The molecule has 100 valence electrons. The van der Waals surface area contributed by atoms with E-state index in [9.17, 15) is 10.2 Å². The number of phenols is 2. The fraction of sp³-hybridized carbons (Fsp3) is 0.0667. The topological polar surface area (TPSA) is 79.4 Å². The third kappa shape index (κ3) is 2.21. The molecule has 5 nitrogen and oxygen atoms in total. The number of rotatable bonds is 2. The molecule has 0 atom stereocenters. The summed E-state index contributed by atoms with van der Waals surface area (Å²) in [5.41, 5.74) is 2.19. The van der Waals surface area contributed by atoms with E-state index >= 15 is 0 Å². The highest BCUT2D eigenvalue weighted by molar-refractivity contribution is 5.62. The molecule has 0 aliphatic rings. The Kier molecular flexibility index (Phi) is 2.87. The first-order valence-corrected chi connectivity index (χ1v) is 6.06. The number of hydrogen-bond acceptors (Lipinski definition) is 5. The van der Waals surface area contributed by atoms with Crippen LogP contribution in [0.5, 0.6) is 11.5 Å². The van der Waals surface area contributed by atoms with E-state index in [1.807, 2.05) is 13.0 Å². The van der Waals surface area contributed by atoms with Crippen LogP contribution in [0.25, 0.3) is 22.8 Å². The number of aryl methyl sites for hydroxylation is 1. The van der Waals surface area contributed by atoms with Crippen LogP contribution in [0, 0.1) is 6.92 Å². The van der Waals surface area contributed by atoms with Crippen molar-refractivity contribution in [2.45, 2.75) is 6.92 Å². The molecular formula is C15H12N2O3. The van der Waals surface area contributed by atoms with Gasteiger partial charge < -0.3 is 14.7 Å². The van der Waals surface area contributed by atoms with Gasteiger partial charge in [-0.1, -0.05) is 11.2 Å². The molecule has 2 aromatic carbocycles. The normalized spacial score (nSPS) is 10.7. The summed E-state index contributed by atoms with van der Waals surface area (Å²) in [5.74, 6) is 1.14. The highest BCUT2D eigenvalue weighted by Gasteiger charge is 2.11. The second kappa shape index (κ2) is 4.70. The summed E-state index contributed by atoms with van der Waals surface area (Å²) < 4.78 is 5.20. The van der Waals surface area contributed by atoms with Gasteiger partial charge in [-0.3, -0.25) is 0 Å². The monoisotopic (exact) mass is 268 g/mol. The summed E-state index contributed by atoms with van der Waals surface area (Å²) in [5, 5.41) is 22.8. The molecule has 1 heterocycles. The van der Waals surface area contributed by atoms with Crippen LogP contribution in [-0.2, 0) is 0 Å². The molecule has 20 heavy (non-hydrogen) atoms. The molecule has 0 unspecified atom stereocenters. The standard InChI is InChI=1S/C15H12N2O3/c1-9-2-3-11(8-13(9)19)15-16-14(17-20-15)10-4-6-12(18)7-5-10/h2-8,18-19H,1H3. The van der Waals surface area contributed by atoms with Gasteiger partial charge in [0.15, 0.2) is 0 Å². The number of nitrogens with zero attached hydrogens (tertiary/aromatic N) is 2. The van der Waals surface area contributed by atoms with Crippen molar-refractivity contribution < 1.29 is 14.7 Å². The van der Waals surface area contributed by atoms with E-state index in [1.165, 1.54) is 0 Å². The summed E-state index contributed by atoms with van der Waals surface area (Å²) in [4.78, 5) is 4.28. The van der Waals surface area contributed by atoms with Crippen molar-refractivity contribution in [3.8, 4) is 34.3 Å². The molecule has 2 N–H and O–H groups in total. The van der Waals surface area contributed by atoms with Crippen molar-refractivity contribution in [3.05, 3.63) is 48.0 Å². The van der Waals surface area contributed by atoms with Crippen LogP contribution < -0.4 is 0 Å². The average Bonchev–Trinajstić information content (AvgIpc) is 2.92. The predicted octanol–water partition coefficient (Wildman–Crippen LogP) is 3.12. The molecule has 0 saturated carbocycles. The first-order valence-electron chi connectivity index (χ1n) is 6.06. The Hall–Kier alpha value is -2.82. The van der Waals surface area contributed by atoms with Gasteiger partial charge in [0.2, 0.25) is 5.82 Å². The Labute approximate surface area is 115 Å². The number of aromatic nitrogens is 2. The van der Waals surface area contributed by atoms with Gasteiger partial charge in [0, 0.05) is 11.1 Å². The van der Waals surface area contributed by atoms with E-state index < -0.39 is 0 Å². The van der Waals surface area contributed by atoms with Gasteiger partial charge in [-0.15, -0.1) is 0 Å². The third-order valence-corrected chi connectivity index (χ3v) is 3.01. The molecule has 0 aliphatic carbocycles. The Morgan fingerprint density at radius 1 is 0.950 bits per heavy atom. The molecule has 1 aromatic heterocycles. The molecule has 0 amide bonds. The summed E-state index contributed by atoms with van der Waals surface area (Å²) in [6.45, 7) is 1.81. The Morgan fingerprint density at radius 3 is 2.35 bits per heavy atom. The Bertz CT molecular complexity index is 748. The number of phenolic OH excluding ortho intramolecular Hbond substituents is 2. The van der Waals surface area contributed by atoms with Crippen LogP contribution in [-0.4, -0.2) is 20.4 Å². The zero-order valence-electron chi connectivity index (χ0n) is 10.7. The zero-order valence-corrected chi connectivity index (χ0v) is 10.7. The van der Waals surface area contributed by atoms with Crippen molar-refractivity contribution >= 4 is 0 Å². The third-order valence-electron chi connectivity index (χ3n) is 3.01. The van der Waals surface area contributed by atoms with E-state index in [0.717, 1.165) is 11.1 Å². The summed E-state index contributed by atoms with van der Waals surface area (Å²) in [6, 6.07) is 11.7. The number of hydrogen-bond donors (Lipinski definition) is 2. The van der Waals surface area contributed by atoms with E-state index in [4.69, 9.17) is 4.52 Å². The minimum Gasteiger partial charge on any atom is -0.508 e. The maximum Gasteiger partial charge on any atom is 0.258 e. The van der Waals surface area contributed by atoms with Crippen LogP contribution in [0.1, 0.15) is 5.56 Å². The lowest BCUT2D eigenvalue weighted by molar-refractivity contribution is 0.431. The SMILES string of the molecule is Cc1ccc(-c2nc(-c3ccc(O)cc3)no2)cc1O. The summed E-state index contributed by atoms with van der Waals surface area (Å²) in [6.07, 6.45) is 0. The molecule has 0 bridgehead atoms. The predicted molar refractivity (Wildman–Crippen MR) is 73.2 cm³/mol. The first-order chi connectivity index (χ1) is 9.63.